The van der Waals surface area contributed by atoms with E-state index in [0.717, 1.165) is 12.8 Å². The molecular weight excluding hydrogens is 208 g/mol. The van der Waals surface area contributed by atoms with Crippen LogP contribution in [0.2, 0.25) is 0 Å². The summed E-state index contributed by atoms with van der Waals surface area (Å²) in [6.45, 7) is 4.06. The molecule has 1 fully saturated rings. The third-order valence-electron chi connectivity index (χ3n) is 4.74. The summed E-state index contributed by atoms with van der Waals surface area (Å²) >= 11 is 0. The van der Waals surface area contributed by atoms with Crippen molar-refractivity contribution in [1.82, 2.24) is 0 Å². The van der Waals surface area contributed by atoms with Gasteiger partial charge in [-0.3, -0.25) is 4.79 Å². The fourth-order valence-corrected chi connectivity index (χ4v) is 3.30. The van der Waals surface area contributed by atoms with Crippen LogP contribution in [-0.4, -0.2) is 5.78 Å². The van der Waals surface area contributed by atoms with Crippen LogP contribution in [0.3, 0.4) is 0 Å². The van der Waals surface area contributed by atoms with Gasteiger partial charge in [-0.1, -0.05) is 25.1 Å². The second-order valence-corrected chi connectivity index (χ2v) is 5.85. The molecule has 0 spiro atoms. The second-order valence-electron chi connectivity index (χ2n) is 5.85. The van der Waals surface area contributed by atoms with Crippen molar-refractivity contribution < 1.29 is 4.79 Å². The first-order valence-electron chi connectivity index (χ1n) is 6.78. The first-order chi connectivity index (χ1) is 8.13. The Hall–Kier alpha value is -1.11. The van der Waals surface area contributed by atoms with Gasteiger partial charge in [-0.2, -0.15) is 0 Å². The lowest BCUT2D eigenvalue weighted by Gasteiger charge is -2.24. The smallest absolute Gasteiger partial charge is 0.140 e. The average molecular weight is 228 g/mol. The Kier molecular flexibility index (Phi) is 2.39. The monoisotopic (exact) mass is 228 g/mol. The summed E-state index contributed by atoms with van der Waals surface area (Å²) in [4.78, 5) is 11.8. The third kappa shape index (κ3) is 1.64. The van der Waals surface area contributed by atoms with E-state index in [1.165, 1.54) is 36.0 Å². The molecule has 17 heavy (non-hydrogen) atoms. The zero-order chi connectivity index (χ0) is 12.0. The molecule has 0 amide bonds. The van der Waals surface area contributed by atoms with Crippen molar-refractivity contribution in [3.05, 3.63) is 34.9 Å². The minimum atomic E-state index is -0.105. The van der Waals surface area contributed by atoms with Gasteiger partial charge in [0.15, 0.2) is 0 Å². The van der Waals surface area contributed by atoms with Crippen molar-refractivity contribution in [2.24, 2.45) is 0 Å². The van der Waals surface area contributed by atoms with E-state index in [4.69, 9.17) is 0 Å². The van der Waals surface area contributed by atoms with Crippen molar-refractivity contribution in [3.63, 3.8) is 0 Å². The van der Waals surface area contributed by atoms with E-state index in [1.54, 1.807) is 6.92 Å². The van der Waals surface area contributed by atoms with Crippen molar-refractivity contribution >= 4 is 5.78 Å². The van der Waals surface area contributed by atoms with Crippen LogP contribution < -0.4 is 0 Å². The molecular formula is C16H20O. The molecule has 0 saturated heterocycles. The number of carbonyl (C=O) groups excluding carboxylic acids is 1. The molecule has 2 aliphatic rings. The number of fused-ring (bicyclic) bond motifs is 1. The van der Waals surface area contributed by atoms with Gasteiger partial charge in [0, 0.05) is 0 Å². The predicted molar refractivity (Wildman–Crippen MR) is 69.4 cm³/mol. The highest BCUT2D eigenvalue weighted by molar-refractivity contribution is 5.91. The minimum Gasteiger partial charge on any atom is -0.299 e. The topological polar surface area (TPSA) is 17.1 Å². The Labute approximate surface area is 103 Å². The number of ketones is 1. The van der Waals surface area contributed by atoms with Crippen LogP contribution in [0.15, 0.2) is 18.2 Å². The Morgan fingerprint density at radius 1 is 1.35 bits per heavy atom. The van der Waals surface area contributed by atoms with Crippen LogP contribution in [0, 0.1) is 0 Å². The second kappa shape index (κ2) is 3.69. The van der Waals surface area contributed by atoms with Crippen molar-refractivity contribution in [2.45, 2.75) is 57.3 Å². The number of hydrogen-bond donors (Lipinski definition) is 0. The van der Waals surface area contributed by atoms with Crippen LogP contribution in [0.25, 0.3) is 0 Å². The summed E-state index contributed by atoms with van der Waals surface area (Å²) in [6, 6.07) is 6.79. The highest BCUT2D eigenvalue weighted by atomic mass is 16.1. The van der Waals surface area contributed by atoms with Gasteiger partial charge in [-0.05, 0) is 61.6 Å². The van der Waals surface area contributed by atoms with Crippen molar-refractivity contribution in [1.29, 1.82) is 0 Å². The first-order valence-corrected chi connectivity index (χ1v) is 6.78. The van der Waals surface area contributed by atoms with Crippen LogP contribution in [-0.2, 0) is 16.6 Å². The summed E-state index contributed by atoms with van der Waals surface area (Å²) in [6.07, 6.45) is 5.92. The van der Waals surface area contributed by atoms with Gasteiger partial charge in [-0.15, -0.1) is 0 Å². The molecule has 1 aromatic carbocycles. The maximum absolute atomic E-state index is 11.8. The molecule has 1 saturated carbocycles. The zero-order valence-electron chi connectivity index (χ0n) is 10.8. The molecule has 0 aliphatic heterocycles. The quantitative estimate of drug-likeness (QED) is 0.753. The maximum atomic E-state index is 11.8. The number of Topliss-reactive ketones (excluding diaryl/α,β-unsaturated/α-hetero) is 1. The fourth-order valence-electron chi connectivity index (χ4n) is 3.30. The maximum Gasteiger partial charge on any atom is 0.140 e. The molecule has 0 N–H and O–H groups in total. The van der Waals surface area contributed by atoms with Gasteiger partial charge < -0.3 is 0 Å². The van der Waals surface area contributed by atoms with Gasteiger partial charge in [0.1, 0.15) is 5.78 Å². The Morgan fingerprint density at radius 2 is 2.12 bits per heavy atom. The third-order valence-corrected chi connectivity index (χ3v) is 4.74. The molecule has 0 radical (unpaired) electrons. The zero-order valence-corrected chi connectivity index (χ0v) is 10.8. The normalized spacial score (nSPS) is 25.2. The van der Waals surface area contributed by atoms with Crippen molar-refractivity contribution in [3.8, 4) is 0 Å². The molecule has 3 rings (SSSR count). The van der Waals surface area contributed by atoms with E-state index in [0.29, 0.717) is 11.7 Å². The number of rotatable bonds is 2. The van der Waals surface area contributed by atoms with Gasteiger partial charge >= 0.3 is 0 Å². The van der Waals surface area contributed by atoms with Gasteiger partial charge in [0.2, 0.25) is 0 Å². The summed E-state index contributed by atoms with van der Waals surface area (Å²) in [5, 5.41) is 0. The van der Waals surface area contributed by atoms with E-state index in [9.17, 15) is 4.79 Å². The van der Waals surface area contributed by atoms with Crippen LogP contribution >= 0.6 is 0 Å². The van der Waals surface area contributed by atoms with Crippen LogP contribution in [0.4, 0.5) is 0 Å². The van der Waals surface area contributed by atoms with E-state index in [-0.39, 0.29) is 5.41 Å². The van der Waals surface area contributed by atoms with E-state index < -0.39 is 0 Å². The summed E-state index contributed by atoms with van der Waals surface area (Å²) in [5.41, 5.74) is 4.18. The number of hydrogen-bond acceptors (Lipinski definition) is 1. The summed E-state index contributed by atoms with van der Waals surface area (Å²) in [7, 11) is 0. The number of carbonyl (C=O) groups is 1. The standard InChI is InChI=1S/C16H20O/c1-11-4-3-5-13-6-7-14(10-15(11)13)16(8-9-16)12(2)17/h6-7,10-11H,3-5,8-9H2,1-2H3. The Balaban J connectivity index is 2.04. The molecule has 0 heterocycles. The van der Waals surface area contributed by atoms with Crippen LogP contribution in [0.5, 0.6) is 0 Å². The largest absolute Gasteiger partial charge is 0.299 e. The molecule has 1 heteroatoms. The Bertz CT molecular complexity index is 468. The Morgan fingerprint density at radius 3 is 2.76 bits per heavy atom. The average Bonchev–Trinajstić information content (AvgIpc) is 3.10. The lowest BCUT2D eigenvalue weighted by Crippen LogP contribution is -2.18. The molecule has 1 unspecified atom stereocenters. The molecule has 90 valence electrons. The minimum absolute atomic E-state index is 0.105. The SMILES string of the molecule is CC(=O)C1(c2ccc3c(c2)C(C)CCC3)CC1. The molecule has 1 nitrogen and oxygen atoms in total. The lowest BCUT2D eigenvalue weighted by atomic mass is 9.80. The lowest BCUT2D eigenvalue weighted by molar-refractivity contribution is -0.119. The summed E-state index contributed by atoms with van der Waals surface area (Å²) in [5.74, 6) is 1.02. The van der Waals surface area contributed by atoms with Gasteiger partial charge in [0.05, 0.1) is 5.41 Å². The predicted octanol–water partition coefficient (Wildman–Crippen LogP) is 3.75. The van der Waals surface area contributed by atoms with Gasteiger partial charge in [-0.25, -0.2) is 0 Å². The van der Waals surface area contributed by atoms with Gasteiger partial charge in [0.25, 0.3) is 0 Å². The molecule has 0 aromatic heterocycles. The van der Waals surface area contributed by atoms with Crippen LogP contribution in [0.1, 0.15) is 62.1 Å². The first kappa shape index (κ1) is 11.0. The highest BCUT2D eigenvalue weighted by Gasteiger charge is 2.48. The number of benzene rings is 1. The van der Waals surface area contributed by atoms with Crippen molar-refractivity contribution in [2.75, 3.05) is 0 Å². The summed E-state index contributed by atoms with van der Waals surface area (Å²) < 4.78 is 0. The van der Waals surface area contributed by atoms with E-state index in [2.05, 4.69) is 25.1 Å². The van der Waals surface area contributed by atoms with E-state index in [1.807, 2.05) is 0 Å². The number of aryl methyl sites for hydroxylation is 1. The molecule has 1 aromatic rings. The molecule has 1 atom stereocenters. The molecule has 2 aliphatic carbocycles. The highest BCUT2D eigenvalue weighted by Crippen LogP contribution is 2.50. The van der Waals surface area contributed by atoms with E-state index >= 15 is 0 Å². The fraction of sp³-hybridized carbons (Fsp3) is 0.562. The molecule has 0 bridgehead atoms.